The van der Waals surface area contributed by atoms with Crippen molar-refractivity contribution in [2.75, 3.05) is 19.8 Å². The summed E-state index contributed by atoms with van der Waals surface area (Å²) in [6.45, 7) is -0.0922. The SMILES string of the molecule is C[C@H](O)[C@H](O[C@@H]1O[C@H](CO)[C@H](O[C@@H]2O[C@H](CO)[C@H](O)[C@H](O)[C@H]2O[C@@H]2O[C@@H](C)[C@@H](O)[C@@H](O)[C@@H]2O)[C@H](O)[C@H]1O)[C@@H](O)[C@@H](O)CO. The van der Waals surface area contributed by atoms with Crippen LogP contribution >= 0.6 is 0 Å². The lowest BCUT2D eigenvalue weighted by molar-refractivity contribution is -0.390. The molecule has 0 radical (unpaired) electrons. The second kappa shape index (κ2) is 15.7. The molecule has 3 heterocycles. The summed E-state index contributed by atoms with van der Waals surface area (Å²) < 4.78 is 33.1. The first-order valence-electron chi connectivity index (χ1n) is 13.7. The van der Waals surface area contributed by atoms with Crippen LogP contribution in [0.15, 0.2) is 0 Å². The van der Waals surface area contributed by atoms with Crippen molar-refractivity contribution in [3.63, 3.8) is 0 Å². The molecule has 19 heteroatoms. The Hall–Kier alpha value is -0.760. The average molecular weight is 637 g/mol. The summed E-state index contributed by atoms with van der Waals surface area (Å²) in [6, 6.07) is 0. The molecule has 3 fully saturated rings. The lowest BCUT2D eigenvalue weighted by Crippen LogP contribution is -2.67. The van der Waals surface area contributed by atoms with Crippen LogP contribution in [0.5, 0.6) is 0 Å². The fourth-order valence-corrected chi connectivity index (χ4v) is 5.04. The van der Waals surface area contributed by atoms with Crippen molar-refractivity contribution < 1.29 is 94.8 Å². The van der Waals surface area contributed by atoms with Crippen LogP contribution in [0, 0.1) is 0 Å². The summed E-state index contributed by atoms with van der Waals surface area (Å²) >= 11 is 0. The van der Waals surface area contributed by atoms with Crippen molar-refractivity contribution in [2.45, 2.75) is 130 Å². The number of aliphatic hydroxyl groups excluding tert-OH is 13. The normalized spacial score (nSPS) is 47.1. The third-order valence-electron chi connectivity index (χ3n) is 7.72. The van der Waals surface area contributed by atoms with Gasteiger partial charge in [0.25, 0.3) is 0 Å². The molecule has 3 aliphatic heterocycles. The molecular formula is C24H44O19. The minimum atomic E-state index is -2.00. The lowest BCUT2D eigenvalue weighted by atomic mass is 9.96. The van der Waals surface area contributed by atoms with E-state index >= 15 is 0 Å². The summed E-state index contributed by atoms with van der Waals surface area (Å²) in [4.78, 5) is 0. The van der Waals surface area contributed by atoms with Gasteiger partial charge >= 0.3 is 0 Å². The van der Waals surface area contributed by atoms with E-state index in [1.54, 1.807) is 0 Å². The van der Waals surface area contributed by atoms with E-state index in [0.717, 1.165) is 0 Å². The predicted octanol–water partition coefficient (Wildman–Crippen LogP) is -8.06. The van der Waals surface area contributed by atoms with Gasteiger partial charge in [-0.05, 0) is 13.8 Å². The molecule has 3 aliphatic rings. The van der Waals surface area contributed by atoms with Crippen molar-refractivity contribution in [3.05, 3.63) is 0 Å². The van der Waals surface area contributed by atoms with Crippen molar-refractivity contribution in [1.82, 2.24) is 0 Å². The highest BCUT2D eigenvalue weighted by molar-refractivity contribution is 4.96. The molecule has 0 aromatic carbocycles. The summed E-state index contributed by atoms with van der Waals surface area (Å²) in [6.07, 6.45) is -32.3. The second-order valence-electron chi connectivity index (χ2n) is 10.9. The van der Waals surface area contributed by atoms with Gasteiger partial charge in [-0.15, -0.1) is 0 Å². The lowest BCUT2D eigenvalue weighted by Gasteiger charge is -2.48. The Bertz CT molecular complexity index is 836. The van der Waals surface area contributed by atoms with Gasteiger partial charge in [-0.1, -0.05) is 0 Å². The minimum Gasteiger partial charge on any atom is -0.394 e. The zero-order valence-corrected chi connectivity index (χ0v) is 23.4. The van der Waals surface area contributed by atoms with Gasteiger partial charge in [-0.25, -0.2) is 0 Å². The molecule has 0 aromatic heterocycles. The third kappa shape index (κ3) is 7.97. The standard InChI is InChI=1S/C24H44O19/c1-6(28)19(12(31)8(29)3-25)41-23-18(37)16(35)20(10(5-27)40-23)42-24-21(15(34)13(32)9(4-26)39-24)43-22-17(36)14(33)11(30)7(2)38-22/h6-37H,3-5H2,1-2H3/t6-,7-,8-,9+,10+,11+,12-,13-,14+,15-,16+,17-,18+,19-,20-,21+,22-,23-,24-/m0/s1. The molecule has 0 aromatic rings. The molecule has 0 bridgehead atoms. The van der Waals surface area contributed by atoms with Crippen molar-refractivity contribution in [2.24, 2.45) is 0 Å². The molecule has 13 N–H and O–H groups in total. The van der Waals surface area contributed by atoms with Crippen LogP contribution in [0.1, 0.15) is 13.8 Å². The smallest absolute Gasteiger partial charge is 0.187 e. The molecule has 0 amide bonds. The summed E-state index contributed by atoms with van der Waals surface area (Å²) in [5.74, 6) is 0. The highest BCUT2D eigenvalue weighted by Crippen LogP contribution is 2.33. The van der Waals surface area contributed by atoms with Crippen LogP contribution in [0.3, 0.4) is 0 Å². The Labute approximate surface area is 245 Å². The first-order valence-corrected chi connectivity index (χ1v) is 13.7. The molecule has 3 saturated heterocycles. The van der Waals surface area contributed by atoms with E-state index in [-0.39, 0.29) is 0 Å². The van der Waals surface area contributed by atoms with Crippen LogP contribution in [0.4, 0.5) is 0 Å². The molecule has 19 nitrogen and oxygen atoms in total. The maximum atomic E-state index is 10.9. The summed E-state index contributed by atoms with van der Waals surface area (Å²) in [7, 11) is 0. The number of ether oxygens (including phenoxy) is 6. The van der Waals surface area contributed by atoms with Crippen LogP contribution in [0.25, 0.3) is 0 Å². The van der Waals surface area contributed by atoms with Crippen LogP contribution in [-0.4, -0.2) is 203 Å². The van der Waals surface area contributed by atoms with E-state index < -0.39 is 136 Å². The zero-order valence-electron chi connectivity index (χ0n) is 23.4. The van der Waals surface area contributed by atoms with Crippen molar-refractivity contribution in [1.29, 1.82) is 0 Å². The molecular weight excluding hydrogens is 592 g/mol. The number of hydrogen-bond donors (Lipinski definition) is 13. The summed E-state index contributed by atoms with van der Waals surface area (Å²) in [5.41, 5.74) is 0. The van der Waals surface area contributed by atoms with Gasteiger partial charge in [0.15, 0.2) is 18.9 Å². The highest BCUT2D eigenvalue weighted by atomic mass is 16.8. The Morgan fingerprint density at radius 3 is 1.70 bits per heavy atom. The largest absolute Gasteiger partial charge is 0.394 e. The van der Waals surface area contributed by atoms with Crippen molar-refractivity contribution >= 4 is 0 Å². The van der Waals surface area contributed by atoms with Gasteiger partial charge in [0, 0.05) is 0 Å². The monoisotopic (exact) mass is 636 g/mol. The van der Waals surface area contributed by atoms with Crippen molar-refractivity contribution in [3.8, 4) is 0 Å². The summed E-state index contributed by atoms with van der Waals surface area (Å²) in [5, 5.41) is 132. The fourth-order valence-electron chi connectivity index (χ4n) is 5.04. The number of hydrogen-bond acceptors (Lipinski definition) is 19. The maximum Gasteiger partial charge on any atom is 0.187 e. The Balaban J connectivity index is 1.82. The van der Waals surface area contributed by atoms with Gasteiger partial charge in [-0.2, -0.15) is 0 Å². The average Bonchev–Trinajstić information content (AvgIpc) is 2.98. The van der Waals surface area contributed by atoms with E-state index in [0.29, 0.717) is 0 Å². The number of rotatable bonds is 12. The molecule has 0 saturated carbocycles. The molecule has 254 valence electrons. The highest BCUT2D eigenvalue weighted by Gasteiger charge is 2.54. The molecule has 0 spiro atoms. The first kappa shape index (κ1) is 36.7. The van der Waals surface area contributed by atoms with E-state index in [1.807, 2.05) is 0 Å². The quantitative estimate of drug-likeness (QED) is 0.0945. The molecule has 3 rings (SSSR count). The molecule has 0 aliphatic carbocycles. The van der Waals surface area contributed by atoms with Crippen LogP contribution < -0.4 is 0 Å². The van der Waals surface area contributed by atoms with E-state index in [1.165, 1.54) is 13.8 Å². The first-order chi connectivity index (χ1) is 20.2. The van der Waals surface area contributed by atoms with Gasteiger partial charge in [0.2, 0.25) is 0 Å². The Morgan fingerprint density at radius 1 is 0.605 bits per heavy atom. The van der Waals surface area contributed by atoms with Crippen LogP contribution in [0.2, 0.25) is 0 Å². The zero-order chi connectivity index (χ0) is 32.3. The van der Waals surface area contributed by atoms with Crippen LogP contribution in [-0.2, 0) is 28.4 Å². The number of aliphatic hydroxyl groups is 13. The van der Waals surface area contributed by atoms with Gasteiger partial charge < -0.3 is 94.8 Å². The fraction of sp³-hybridized carbons (Fsp3) is 1.00. The van der Waals surface area contributed by atoms with E-state index in [9.17, 15) is 61.3 Å². The van der Waals surface area contributed by atoms with E-state index in [4.69, 9.17) is 33.5 Å². The van der Waals surface area contributed by atoms with Gasteiger partial charge in [0.1, 0.15) is 85.5 Å². The maximum absolute atomic E-state index is 10.9. The topological polar surface area (TPSA) is 318 Å². The van der Waals surface area contributed by atoms with E-state index in [2.05, 4.69) is 0 Å². The van der Waals surface area contributed by atoms with Gasteiger partial charge in [-0.3, -0.25) is 0 Å². The third-order valence-corrected chi connectivity index (χ3v) is 7.72. The molecule has 43 heavy (non-hydrogen) atoms. The second-order valence-corrected chi connectivity index (χ2v) is 10.9. The van der Waals surface area contributed by atoms with Gasteiger partial charge in [0.05, 0.1) is 32.0 Å². The Morgan fingerprint density at radius 2 is 1.14 bits per heavy atom. The minimum absolute atomic E-state index is 0.830. The Kier molecular flexibility index (Phi) is 13.4. The molecule has 19 atom stereocenters. The molecule has 0 unspecified atom stereocenters. The predicted molar refractivity (Wildman–Crippen MR) is 133 cm³/mol.